The minimum atomic E-state index is 0.136. The van der Waals surface area contributed by atoms with E-state index in [4.69, 9.17) is 5.11 Å². The molecule has 1 heterocycles. The molecule has 3 nitrogen and oxygen atoms in total. The zero-order valence-electron chi connectivity index (χ0n) is 8.16. The average molecular weight is 200 g/mol. The molecule has 0 bridgehead atoms. The smallest absolute Gasteiger partial charge is 0.223 e. The first-order valence-electron chi connectivity index (χ1n) is 4.67. The topological polar surface area (TPSA) is 36.4 Å². The van der Waals surface area contributed by atoms with Gasteiger partial charge in [0, 0.05) is 13.1 Å². The number of aromatic hydroxyl groups is 1. The van der Waals surface area contributed by atoms with Crippen molar-refractivity contribution in [3.63, 3.8) is 0 Å². The fourth-order valence-electron chi connectivity index (χ4n) is 1.24. The standard InChI is InChI=1S/C9H16N2OS/c1-3-5-11(6-4-2)9-10-8(12)7-13-9/h7,12H,3-6H2,1-2H3. The van der Waals surface area contributed by atoms with Crippen LogP contribution in [-0.4, -0.2) is 23.2 Å². The Bertz CT molecular complexity index is 244. The van der Waals surface area contributed by atoms with Crippen molar-refractivity contribution in [2.24, 2.45) is 0 Å². The predicted octanol–water partition coefficient (Wildman–Crippen LogP) is 2.48. The van der Waals surface area contributed by atoms with Crippen LogP contribution in [0.15, 0.2) is 5.38 Å². The monoisotopic (exact) mass is 200 g/mol. The number of thiazole rings is 1. The van der Waals surface area contributed by atoms with E-state index in [-0.39, 0.29) is 5.88 Å². The van der Waals surface area contributed by atoms with E-state index in [9.17, 15) is 0 Å². The van der Waals surface area contributed by atoms with Gasteiger partial charge in [0.1, 0.15) is 0 Å². The van der Waals surface area contributed by atoms with Crippen LogP contribution in [0.1, 0.15) is 26.7 Å². The number of anilines is 1. The molecule has 0 saturated heterocycles. The maximum Gasteiger partial charge on any atom is 0.223 e. The van der Waals surface area contributed by atoms with Crippen molar-refractivity contribution in [2.75, 3.05) is 18.0 Å². The van der Waals surface area contributed by atoms with Gasteiger partial charge in [-0.2, -0.15) is 4.98 Å². The molecule has 0 aliphatic rings. The summed E-state index contributed by atoms with van der Waals surface area (Å²) in [4.78, 5) is 6.26. The Morgan fingerprint density at radius 2 is 2.00 bits per heavy atom. The average Bonchev–Trinajstić information content (AvgIpc) is 2.51. The van der Waals surface area contributed by atoms with Crippen LogP contribution in [0.2, 0.25) is 0 Å². The second-order valence-electron chi connectivity index (χ2n) is 2.98. The number of hydrogen-bond donors (Lipinski definition) is 1. The highest BCUT2D eigenvalue weighted by atomic mass is 32.1. The van der Waals surface area contributed by atoms with Gasteiger partial charge in [0.2, 0.25) is 5.88 Å². The summed E-state index contributed by atoms with van der Waals surface area (Å²) in [5, 5.41) is 11.7. The van der Waals surface area contributed by atoms with Gasteiger partial charge in [-0.1, -0.05) is 13.8 Å². The minimum absolute atomic E-state index is 0.136. The molecule has 0 spiro atoms. The maximum absolute atomic E-state index is 9.11. The molecule has 74 valence electrons. The Hall–Kier alpha value is -0.770. The lowest BCUT2D eigenvalue weighted by atomic mass is 10.4. The van der Waals surface area contributed by atoms with Gasteiger partial charge in [0.15, 0.2) is 5.13 Å². The predicted molar refractivity (Wildman–Crippen MR) is 56.6 cm³/mol. The van der Waals surface area contributed by atoms with Crippen LogP contribution in [0.3, 0.4) is 0 Å². The molecule has 0 unspecified atom stereocenters. The lowest BCUT2D eigenvalue weighted by Crippen LogP contribution is -2.24. The van der Waals surface area contributed by atoms with E-state index in [2.05, 4.69) is 23.7 Å². The van der Waals surface area contributed by atoms with E-state index < -0.39 is 0 Å². The molecule has 0 aromatic carbocycles. The highest BCUT2D eigenvalue weighted by molar-refractivity contribution is 7.13. The summed E-state index contributed by atoms with van der Waals surface area (Å²) in [6.07, 6.45) is 2.22. The van der Waals surface area contributed by atoms with Gasteiger partial charge in [-0.25, -0.2) is 0 Å². The van der Waals surface area contributed by atoms with Crippen molar-refractivity contribution < 1.29 is 5.11 Å². The molecule has 1 aromatic heterocycles. The summed E-state index contributed by atoms with van der Waals surface area (Å²) in [5.41, 5.74) is 0. The minimum Gasteiger partial charge on any atom is -0.493 e. The van der Waals surface area contributed by atoms with Gasteiger partial charge in [0.05, 0.1) is 5.38 Å². The van der Waals surface area contributed by atoms with E-state index in [1.807, 2.05) is 0 Å². The Labute approximate surface area is 83.0 Å². The normalized spacial score (nSPS) is 10.3. The summed E-state index contributed by atoms with van der Waals surface area (Å²) in [6.45, 7) is 6.33. The van der Waals surface area contributed by atoms with Crippen LogP contribution in [-0.2, 0) is 0 Å². The molecule has 1 rings (SSSR count). The van der Waals surface area contributed by atoms with Crippen LogP contribution < -0.4 is 4.90 Å². The Morgan fingerprint density at radius 1 is 1.38 bits per heavy atom. The van der Waals surface area contributed by atoms with Crippen molar-refractivity contribution in [2.45, 2.75) is 26.7 Å². The lowest BCUT2D eigenvalue weighted by molar-refractivity contribution is 0.457. The molecule has 0 saturated carbocycles. The highest BCUT2D eigenvalue weighted by Crippen LogP contribution is 2.23. The third kappa shape index (κ3) is 2.88. The van der Waals surface area contributed by atoms with E-state index in [1.54, 1.807) is 5.38 Å². The van der Waals surface area contributed by atoms with Crippen LogP contribution in [0.4, 0.5) is 5.13 Å². The summed E-state index contributed by atoms with van der Waals surface area (Å²) in [7, 11) is 0. The van der Waals surface area contributed by atoms with Crippen molar-refractivity contribution in [3.8, 4) is 5.88 Å². The van der Waals surface area contributed by atoms with Crippen molar-refractivity contribution in [3.05, 3.63) is 5.38 Å². The van der Waals surface area contributed by atoms with Crippen LogP contribution in [0.5, 0.6) is 5.88 Å². The first-order chi connectivity index (χ1) is 6.27. The van der Waals surface area contributed by atoms with Crippen LogP contribution in [0.25, 0.3) is 0 Å². The number of aromatic nitrogens is 1. The van der Waals surface area contributed by atoms with Gasteiger partial charge < -0.3 is 10.0 Å². The highest BCUT2D eigenvalue weighted by Gasteiger charge is 2.08. The zero-order chi connectivity index (χ0) is 9.68. The molecular formula is C9H16N2OS. The molecule has 0 aliphatic carbocycles. The first-order valence-corrected chi connectivity index (χ1v) is 5.55. The van der Waals surface area contributed by atoms with E-state index in [0.717, 1.165) is 31.1 Å². The van der Waals surface area contributed by atoms with Gasteiger partial charge in [-0.15, -0.1) is 11.3 Å². The molecule has 0 atom stereocenters. The van der Waals surface area contributed by atoms with Crippen LogP contribution in [0, 0.1) is 0 Å². The van der Waals surface area contributed by atoms with Gasteiger partial charge in [-0.05, 0) is 12.8 Å². The molecule has 1 N–H and O–H groups in total. The summed E-state index contributed by atoms with van der Waals surface area (Å²) >= 11 is 1.50. The fraction of sp³-hybridized carbons (Fsp3) is 0.667. The largest absolute Gasteiger partial charge is 0.493 e. The quantitative estimate of drug-likeness (QED) is 0.793. The summed E-state index contributed by atoms with van der Waals surface area (Å²) in [6, 6.07) is 0. The van der Waals surface area contributed by atoms with Gasteiger partial charge >= 0.3 is 0 Å². The Balaban J connectivity index is 2.63. The molecule has 4 heteroatoms. The molecule has 0 fully saturated rings. The van der Waals surface area contributed by atoms with Crippen molar-refractivity contribution in [1.82, 2.24) is 4.98 Å². The lowest BCUT2D eigenvalue weighted by Gasteiger charge is -2.19. The number of rotatable bonds is 5. The second kappa shape index (κ2) is 5.07. The third-order valence-corrected chi connectivity index (χ3v) is 2.63. The molecule has 1 aromatic rings. The molecule has 0 amide bonds. The first kappa shape index (κ1) is 10.3. The maximum atomic E-state index is 9.11. The van der Waals surface area contributed by atoms with E-state index >= 15 is 0 Å². The second-order valence-corrected chi connectivity index (χ2v) is 3.81. The number of nitrogens with zero attached hydrogens (tertiary/aromatic N) is 2. The summed E-state index contributed by atoms with van der Waals surface area (Å²) in [5.74, 6) is 0.136. The van der Waals surface area contributed by atoms with Crippen molar-refractivity contribution >= 4 is 16.5 Å². The fourth-order valence-corrected chi connectivity index (χ4v) is 1.99. The SMILES string of the molecule is CCCN(CCC)c1nc(O)cs1. The molecule has 13 heavy (non-hydrogen) atoms. The zero-order valence-corrected chi connectivity index (χ0v) is 8.97. The van der Waals surface area contributed by atoms with Gasteiger partial charge in [-0.3, -0.25) is 0 Å². The summed E-state index contributed by atoms with van der Waals surface area (Å²) < 4.78 is 0. The van der Waals surface area contributed by atoms with E-state index in [1.165, 1.54) is 11.3 Å². The van der Waals surface area contributed by atoms with Crippen molar-refractivity contribution in [1.29, 1.82) is 0 Å². The molecular weight excluding hydrogens is 184 g/mol. The molecule has 0 aliphatic heterocycles. The van der Waals surface area contributed by atoms with Gasteiger partial charge in [0.25, 0.3) is 0 Å². The molecule has 0 radical (unpaired) electrons. The van der Waals surface area contributed by atoms with E-state index in [0.29, 0.717) is 0 Å². The Morgan fingerprint density at radius 3 is 2.38 bits per heavy atom. The number of hydrogen-bond acceptors (Lipinski definition) is 4. The third-order valence-electron chi connectivity index (χ3n) is 1.74. The Kier molecular flexibility index (Phi) is 4.02. The van der Waals surface area contributed by atoms with Crippen LogP contribution >= 0.6 is 11.3 Å².